The van der Waals surface area contributed by atoms with Crippen LogP contribution in [0, 0.1) is 0 Å². The maximum absolute atomic E-state index is 5.64. The molecule has 18 heavy (non-hydrogen) atoms. The summed E-state index contributed by atoms with van der Waals surface area (Å²) in [7, 11) is 2.11. The molecule has 0 unspecified atom stereocenters. The van der Waals surface area contributed by atoms with Crippen LogP contribution >= 0.6 is 0 Å². The van der Waals surface area contributed by atoms with E-state index in [0.717, 1.165) is 19.0 Å². The van der Waals surface area contributed by atoms with Gasteiger partial charge in [0, 0.05) is 20.1 Å². The van der Waals surface area contributed by atoms with Crippen molar-refractivity contribution in [3.63, 3.8) is 0 Å². The first-order valence-corrected chi connectivity index (χ1v) is 6.41. The minimum Gasteiger partial charge on any atom is -0.371 e. The summed E-state index contributed by atoms with van der Waals surface area (Å²) in [6.07, 6.45) is 2.36. The molecule has 1 aliphatic heterocycles. The van der Waals surface area contributed by atoms with Crippen LogP contribution in [0.3, 0.4) is 0 Å². The average molecular weight is 245 g/mol. The van der Waals surface area contributed by atoms with E-state index in [1.54, 1.807) is 0 Å². The first-order valence-electron chi connectivity index (χ1n) is 6.41. The van der Waals surface area contributed by atoms with Gasteiger partial charge < -0.3 is 9.80 Å². The predicted octanol–water partition coefficient (Wildman–Crippen LogP) is 0.925. The Hall–Kier alpha value is -1.75. The van der Waals surface area contributed by atoms with Crippen molar-refractivity contribution in [3.8, 4) is 0 Å². The summed E-state index contributed by atoms with van der Waals surface area (Å²) in [5.74, 6) is 6.43. The Morgan fingerprint density at radius 2 is 2.00 bits per heavy atom. The van der Waals surface area contributed by atoms with Crippen LogP contribution in [0.25, 0.3) is 0 Å². The Kier molecular flexibility index (Phi) is 2.83. The number of nitrogens with two attached hydrogens (primary N) is 1. The van der Waals surface area contributed by atoms with Crippen molar-refractivity contribution in [1.82, 2.24) is 5.43 Å². The maximum atomic E-state index is 5.64. The van der Waals surface area contributed by atoms with Gasteiger partial charge in [-0.1, -0.05) is 12.1 Å². The second-order valence-corrected chi connectivity index (χ2v) is 4.89. The first-order chi connectivity index (χ1) is 8.79. The molecule has 1 fully saturated rings. The summed E-state index contributed by atoms with van der Waals surface area (Å²) < 4.78 is 0. The van der Waals surface area contributed by atoms with Crippen molar-refractivity contribution in [1.29, 1.82) is 0 Å². The third-order valence-electron chi connectivity index (χ3n) is 3.48. The third-order valence-corrected chi connectivity index (χ3v) is 3.48. The van der Waals surface area contributed by atoms with Crippen LogP contribution in [-0.2, 0) is 0 Å². The number of para-hydroxylation sites is 2. The molecule has 96 valence electrons. The van der Waals surface area contributed by atoms with Gasteiger partial charge in [0.2, 0.25) is 5.96 Å². The number of hydrogen-bond donors (Lipinski definition) is 2. The van der Waals surface area contributed by atoms with Gasteiger partial charge in [-0.2, -0.15) is 0 Å². The van der Waals surface area contributed by atoms with E-state index < -0.39 is 0 Å². The first kappa shape index (κ1) is 11.3. The van der Waals surface area contributed by atoms with Gasteiger partial charge in [-0.3, -0.25) is 5.43 Å². The molecular weight excluding hydrogens is 226 g/mol. The fraction of sp³-hybridized carbons (Fsp3) is 0.462. The van der Waals surface area contributed by atoms with E-state index in [0.29, 0.717) is 6.04 Å². The molecule has 0 spiro atoms. The lowest BCUT2D eigenvalue weighted by Gasteiger charge is -2.36. The fourth-order valence-electron chi connectivity index (χ4n) is 2.29. The highest BCUT2D eigenvalue weighted by Crippen LogP contribution is 2.32. The molecule has 0 radical (unpaired) electrons. The summed E-state index contributed by atoms with van der Waals surface area (Å²) in [4.78, 5) is 9.08. The van der Waals surface area contributed by atoms with Gasteiger partial charge in [-0.05, 0) is 25.0 Å². The Morgan fingerprint density at radius 1 is 1.28 bits per heavy atom. The van der Waals surface area contributed by atoms with E-state index in [-0.39, 0.29) is 0 Å². The lowest BCUT2D eigenvalue weighted by Crippen LogP contribution is -2.50. The number of hydrogen-bond acceptors (Lipinski definition) is 3. The van der Waals surface area contributed by atoms with Crippen LogP contribution in [-0.4, -0.2) is 32.1 Å². The Bertz CT molecular complexity index is 466. The average Bonchev–Trinajstić information content (AvgIpc) is 3.21. The van der Waals surface area contributed by atoms with Gasteiger partial charge in [0.1, 0.15) is 0 Å². The zero-order valence-electron chi connectivity index (χ0n) is 10.6. The molecule has 0 atom stereocenters. The molecule has 0 bridgehead atoms. The quantitative estimate of drug-likeness (QED) is 0.334. The number of nitrogens with zero attached hydrogens (tertiary/aromatic N) is 3. The van der Waals surface area contributed by atoms with Crippen molar-refractivity contribution in [2.75, 3.05) is 29.9 Å². The van der Waals surface area contributed by atoms with Crippen molar-refractivity contribution in [2.45, 2.75) is 18.9 Å². The zero-order chi connectivity index (χ0) is 12.5. The molecule has 3 rings (SSSR count). The number of hydrazine groups is 1. The fourth-order valence-corrected chi connectivity index (χ4v) is 2.29. The van der Waals surface area contributed by atoms with Crippen LogP contribution in [0.5, 0.6) is 0 Å². The summed E-state index contributed by atoms with van der Waals surface area (Å²) in [6, 6.07) is 8.82. The highest BCUT2D eigenvalue weighted by atomic mass is 15.4. The van der Waals surface area contributed by atoms with Crippen LogP contribution < -0.4 is 21.1 Å². The molecule has 2 aliphatic rings. The molecule has 1 aromatic rings. The monoisotopic (exact) mass is 245 g/mol. The minimum atomic E-state index is 0.461. The number of nitrogens with one attached hydrogen (secondary N) is 1. The van der Waals surface area contributed by atoms with Crippen molar-refractivity contribution in [3.05, 3.63) is 24.3 Å². The van der Waals surface area contributed by atoms with Gasteiger partial charge in [-0.15, -0.1) is 0 Å². The summed E-state index contributed by atoms with van der Waals surface area (Å²) >= 11 is 0. The van der Waals surface area contributed by atoms with E-state index in [1.807, 2.05) is 0 Å². The summed E-state index contributed by atoms with van der Waals surface area (Å²) in [5, 5.41) is 0. The van der Waals surface area contributed by atoms with Gasteiger partial charge in [0.15, 0.2) is 0 Å². The van der Waals surface area contributed by atoms with E-state index >= 15 is 0 Å². The highest BCUT2D eigenvalue weighted by Gasteiger charge is 2.26. The van der Waals surface area contributed by atoms with Crippen LogP contribution in [0.2, 0.25) is 0 Å². The predicted molar refractivity (Wildman–Crippen MR) is 74.8 cm³/mol. The summed E-state index contributed by atoms with van der Waals surface area (Å²) in [6.45, 7) is 1.88. The van der Waals surface area contributed by atoms with Crippen molar-refractivity contribution in [2.24, 2.45) is 10.8 Å². The number of anilines is 2. The molecular formula is C13H19N5. The molecule has 5 nitrogen and oxygen atoms in total. The topological polar surface area (TPSA) is 56.9 Å². The SMILES string of the molecule is CN1CCN(C(=NC2CC2)NN)c2ccccc21. The molecule has 0 amide bonds. The molecule has 1 heterocycles. The molecule has 0 saturated heterocycles. The molecule has 1 aliphatic carbocycles. The number of fused-ring (bicyclic) bond motifs is 1. The largest absolute Gasteiger partial charge is 0.371 e. The lowest BCUT2D eigenvalue weighted by molar-refractivity contribution is 0.805. The number of guanidine groups is 1. The van der Waals surface area contributed by atoms with Gasteiger partial charge in [-0.25, -0.2) is 10.8 Å². The number of likely N-dealkylation sites (N-methyl/N-ethyl adjacent to an activating group) is 1. The van der Waals surface area contributed by atoms with Crippen LogP contribution in [0.15, 0.2) is 29.3 Å². The second-order valence-electron chi connectivity index (χ2n) is 4.89. The second kappa shape index (κ2) is 4.49. The molecule has 5 heteroatoms. The number of aliphatic imine (C=N–C) groups is 1. The van der Waals surface area contributed by atoms with E-state index in [2.05, 4.69) is 51.5 Å². The Morgan fingerprint density at radius 3 is 2.67 bits per heavy atom. The van der Waals surface area contributed by atoms with Crippen LogP contribution in [0.1, 0.15) is 12.8 Å². The molecule has 1 aromatic carbocycles. The Labute approximate surface area is 107 Å². The zero-order valence-corrected chi connectivity index (χ0v) is 10.6. The van der Waals surface area contributed by atoms with E-state index in [9.17, 15) is 0 Å². The molecule has 0 aromatic heterocycles. The molecule has 3 N–H and O–H groups in total. The highest BCUT2D eigenvalue weighted by molar-refractivity contribution is 5.99. The smallest absolute Gasteiger partial charge is 0.213 e. The Balaban J connectivity index is 1.95. The number of rotatable bonds is 1. The standard InChI is InChI=1S/C13H19N5/c1-17-8-9-18(12-5-3-2-4-11(12)17)13(16-14)15-10-6-7-10/h2-5,10H,6-9,14H2,1H3,(H,15,16). The van der Waals surface area contributed by atoms with E-state index in [1.165, 1.54) is 24.2 Å². The van der Waals surface area contributed by atoms with Gasteiger partial charge >= 0.3 is 0 Å². The van der Waals surface area contributed by atoms with E-state index in [4.69, 9.17) is 5.84 Å². The number of benzene rings is 1. The van der Waals surface area contributed by atoms with Crippen molar-refractivity contribution < 1.29 is 0 Å². The third kappa shape index (κ3) is 2.01. The molecule has 1 saturated carbocycles. The summed E-state index contributed by atoms with van der Waals surface area (Å²) in [5.41, 5.74) is 5.15. The normalized spacial score (nSPS) is 19.8. The van der Waals surface area contributed by atoms with Gasteiger partial charge in [0.25, 0.3) is 0 Å². The lowest BCUT2D eigenvalue weighted by atomic mass is 10.2. The van der Waals surface area contributed by atoms with Crippen molar-refractivity contribution >= 4 is 17.3 Å². The minimum absolute atomic E-state index is 0.461. The van der Waals surface area contributed by atoms with Crippen LogP contribution in [0.4, 0.5) is 11.4 Å². The maximum Gasteiger partial charge on any atom is 0.213 e. The van der Waals surface area contributed by atoms with Gasteiger partial charge in [0.05, 0.1) is 17.4 Å².